The summed E-state index contributed by atoms with van der Waals surface area (Å²) in [5.41, 5.74) is 2.73. The summed E-state index contributed by atoms with van der Waals surface area (Å²) in [6.45, 7) is 4.61. The van der Waals surface area contributed by atoms with Gasteiger partial charge in [-0.15, -0.1) is 0 Å². The van der Waals surface area contributed by atoms with E-state index in [4.69, 9.17) is 0 Å². The Kier molecular flexibility index (Phi) is 5.86. The lowest BCUT2D eigenvalue weighted by Crippen LogP contribution is -2.02. The molecular formula is C20H25. The second kappa shape index (κ2) is 7.89. The van der Waals surface area contributed by atoms with Gasteiger partial charge >= 0.3 is 0 Å². The number of rotatable bonds is 7. The first kappa shape index (κ1) is 14.8. The van der Waals surface area contributed by atoms with Crippen molar-refractivity contribution in [2.24, 2.45) is 5.92 Å². The van der Waals surface area contributed by atoms with Gasteiger partial charge in [0, 0.05) is 5.92 Å². The smallest absolute Gasteiger partial charge is 0.0340 e. The van der Waals surface area contributed by atoms with Gasteiger partial charge in [0.05, 0.1) is 0 Å². The maximum atomic E-state index is 2.30. The molecule has 2 aromatic rings. The molecule has 0 spiro atoms. The van der Waals surface area contributed by atoms with E-state index in [1.807, 2.05) is 0 Å². The lowest BCUT2D eigenvalue weighted by atomic mass is 9.86. The summed E-state index contributed by atoms with van der Waals surface area (Å²) < 4.78 is 0. The molecule has 0 aliphatic rings. The van der Waals surface area contributed by atoms with E-state index in [9.17, 15) is 0 Å². The van der Waals surface area contributed by atoms with Crippen molar-refractivity contribution < 1.29 is 0 Å². The highest BCUT2D eigenvalue weighted by Gasteiger charge is 2.14. The minimum Gasteiger partial charge on any atom is -0.0628 e. The van der Waals surface area contributed by atoms with Gasteiger partial charge in [0.25, 0.3) is 0 Å². The van der Waals surface area contributed by atoms with Crippen LogP contribution in [0.5, 0.6) is 0 Å². The third-order valence-corrected chi connectivity index (χ3v) is 3.70. The van der Waals surface area contributed by atoms with Crippen molar-refractivity contribution >= 4 is 0 Å². The Hall–Kier alpha value is -1.56. The van der Waals surface area contributed by atoms with Crippen molar-refractivity contribution in [3.8, 4) is 0 Å². The van der Waals surface area contributed by atoms with Crippen molar-refractivity contribution in [2.75, 3.05) is 0 Å². The summed E-state index contributed by atoms with van der Waals surface area (Å²) in [5, 5.41) is 0. The largest absolute Gasteiger partial charge is 0.0628 e. The summed E-state index contributed by atoms with van der Waals surface area (Å²) in [5.74, 6) is 2.29. The number of benzene rings is 2. The lowest BCUT2D eigenvalue weighted by Gasteiger charge is -2.17. The van der Waals surface area contributed by atoms with E-state index in [1.165, 1.54) is 42.7 Å². The molecule has 0 saturated carbocycles. The predicted molar refractivity (Wildman–Crippen MR) is 87.6 cm³/mol. The Morgan fingerprint density at radius 3 is 1.70 bits per heavy atom. The highest BCUT2D eigenvalue weighted by molar-refractivity contribution is 5.45. The molecule has 0 amide bonds. The van der Waals surface area contributed by atoms with Gasteiger partial charge in [-0.05, 0) is 23.5 Å². The van der Waals surface area contributed by atoms with E-state index >= 15 is 0 Å². The second-order valence-corrected chi connectivity index (χ2v) is 5.85. The van der Waals surface area contributed by atoms with Crippen molar-refractivity contribution in [3.63, 3.8) is 0 Å². The Labute approximate surface area is 123 Å². The van der Waals surface area contributed by atoms with Gasteiger partial charge < -0.3 is 0 Å². The van der Waals surface area contributed by atoms with Gasteiger partial charge in [-0.25, -0.2) is 0 Å². The van der Waals surface area contributed by atoms with E-state index in [0.717, 1.165) is 5.92 Å². The van der Waals surface area contributed by atoms with Crippen LogP contribution < -0.4 is 0 Å². The van der Waals surface area contributed by atoms with E-state index in [0.29, 0.717) is 0 Å². The molecular weight excluding hydrogens is 240 g/mol. The van der Waals surface area contributed by atoms with Gasteiger partial charge in [0.2, 0.25) is 0 Å². The van der Waals surface area contributed by atoms with Gasteiger partial charge in [-0.1, -0.05) is 93.8 Å². The van der Waals surface area contributed by atoms with E-state index in [2.05, 4.69) is 74.5 Å². The van der Waals surface area contributed by atoms with Crippen LogP contribution in [-0.2, 0) is 0 Å². The molecule has 2 rings (SSSR count). The van der Waals surface area contributed by atoms with Crippen molar-refractivity contribution in [3.05, 3.63) is 77.7 Å². The molecule has 2 aromatic carbocycles. The zero-order valence-corrected chi connectivity index (χ0v) is 12.7. The van der Waals surface area contributed by atoms with Crippen LogP contribution in [0.3, 0.4) is 0 Å². The highest BCUT2D eigenvalue weighted by Crippen LogP contribution is 2.29. The Morgan fingerprint density at radius 1 is 0.750 bits per heavy atom. The minimum atomic E-state index is 0.812. The van der Waals surface area contributed by atoms with E-state index < -0.39 is 0 Å². The Bertz CT molecular complexity index is 430. The average Bonchev–Trinajstić information content (AvgIpc) is 2.49. The average molecular weight is 265 g/mol. The quantitative estimate of drug-likeness (QED) is 0.549. The molecule has 0 aliphatic heterocycles. The van der Waals surface area contributed by atoms with E-state index in [1.54, 1.807) is 0 Å². The molecule has 0 atom stereocenters. The summed E-state index contributed by atoms with van der Waals surface area (Å²) in [6.07, 6.45) is 5.09. The summed E-state index contributed by atoms with van der Waals surface area (Å²) in [7, 11) is 0. The van der Waals surface area contributed by atoms with Crippen LogP contribution in [0, 0.1) is 11.8 Å². The number of unbranched alkanes of at least 4 members (excludes halogenated alkanes) is 1. The van der Waals surface area contributed by atoms with Crippen LogP contribution in [0.2, 0.25) is 0 Å². The molecule has 0 bridgehead atoms. The molecule has 0 N–H and O–H groups in total. The zero-order chi connectivity index (χ0) is 14.2. The van der Waals surface area contributed by atoms with Crippen LogP contribution in [0.4, 0.5) is 0 Å². The Morgan fingerprint density at radius 2 is 1.25 bits per heavy atom. The van der Waals surface area contributed by atoms with Crippen molar-refractivity contribution in [1.82, 2.24) is 0 Å². The molecule has 0 fully saturated rings. The van der Waals surface area contributed by atoms with E-state index in [-0.39, 0.29) is 0 Å². The summed E-state index contributed by atoms with van der Waals surface area (Å²) >= 11 is 0. The molecule has 0 saturated heterocycles. The van der Waals surface area contributed by atoms with Gasteiger partial charge in [-0.3, -0.25) is 0 Å². The number of hydrogen-bond acceptors (Lipinski definition) is 0. The fourth-order valence-corrected chi connectivity index (χ4v) is 2.59. The maximum Gasteiger partial charge on any atom is 0.0340 e. The molecule has 1 radical (unpaired) electrons. The maximum absolute atomic E-state index is 2.30. The van der Waals surface area contributed by atoms with Crippen LogP contribution in [0.1, 0.15) is 50.7 Å². The molecule has 0 heterocycles. The van der Waals surface area contributed by atoms with Crippen molar-refractivity contribution in [1.29, 1.82) is 0 Å². The first-order valence-electron chi connectivity index (χ1n) is 7.74. The SMILES string of the molecule is CC(C)CCCC[C](c1ccccc1)c1ccccc1. The highest BCUT2D eigenvalue weighted by atomic mass is 14.2. The molecule has 0 nitrogen and oxygen atoms in total. The molecule has 20 heavy (non-hydrogen) atoms. The molecule has 105 valence electrons. The third-order valence-electron chi connectivity index (χ3n) is 3.70. The van der Waals surface area contributed by atoms with Gasteiger partial charge in [0.15, 0.2) is 0 Å². The molecule has 0 heteroatoms. The summed E-state index contributed by atoms with van der Waals surface area (Å²) in [4.78, 5) is 0. The lowest BCUT2D eigenvalue weighted by molar-refractivity contribution is 0.533. The van der Waals surface area contributed by atoms with Crippen LogP contribution in [0.15, 0.2) is 60.7 Å². The fourth-order valence-electron chi connectivity index (χ4n) is 2.59. The van der Waals surface area contributed by atoms with Crippen LogP contribution >= 0.6 is 0 Å². The topological polar surface area (TPSA) is 0 Å². The molecule has 0 aliphatic carbocycles. The first-order chi connectivity index (χ1) is 9.77. The fraction of sp³-hybridized carbons (Fsp3) is 0.350. The van der Waals surface area contributed by atoms with Crippen LogP contribution in [0.25, 0.3) is 0 Å². The van der Waals surface area contributed by atoms with Crippen LogP contribution in [-0.4, -0.2) is 0 Å². The molecule has 0 unspecified atom stereocenters. The zero-order valence-electron chi connectivity index (χ0n) is 12.7. The summed E-state index contributed by atoms with van der Waals surface area (Å²) in [6, 6.07) is 21.6. The monoisotopic (exact) mass is 265 g/mol. The second-order valence-electron chi connectivity index (χ2n) is 5.85. The normalized spacial score (nSPS) is 11.2. The number of hydrogen-bond donors (Lipinski definition) is 0. The van der Waals surface area contributed by atoms with Gasteiger partial charge in [0.1, 0.15) is 0 Å². The Balaban J connectivity index is 2.06. The third kappa shape index (κ3) is 4.52. The van der Waals surface area contributed by atoms with Gasteiger partial charge in [-0.2, -0.15) is 0 Å². The van der Waals surface area contributed by atoms with Crippen molar-refractivity contribution in [2.45, 2.75) is 39.5 Å². The standard InChI is InChI=1S/C20H25/c1-17(2)11-9-10-16-20(18-12-5-3-6-13-18)19-14-7-4-8-15-19/h3-8,12-15,17H,9-11,16H2,1-2H3. The first-order valence-corrected chi connectivity index (χ1v) is 7.74. The predicted octanol–water partition coefficient (Wildman–Crippen LogP) is 5.87. The molecule has 0 aromatic heterocycles. The minimum absolute atomic E-state index is 0.812.